The molecule has 0 saturated carbocycles. The van der Waals surface area contributed by atoms with Crippen molar-refractivity contribution < 1.29 is 14.7 Å². The molecule has 110 valence electrons. The van der Waals surface area contributed by atoms with Crippen LogP contribution in [0.4, 0.5) is 10.5 Å². The lowest BCUT2D eigenvalue weighted by molar-refractivity contribution is -0.137. The van der Waals surface area contributed by atoms with Gasteiger partial charge in [0.15, 0.2) is 0 Å². The van der Waals surface area contributed by atoms with Crippen LogP contribution in [-0.4, -0.2) is 23.1 Å². The smallest absolute Gasteiger partial charge is 0.319 e. The van der Waals surface area contributed by atoms with E-state index in [1.54, 1.807) is 0 Å². The van der Waals surface area contributed by atoms with Gasteiger partial charge >= 0.3 is 12.0 Å². The van der Waals surface area contributed by atoms with Crippen LogP contribution in [0, 0.1) is 13.8 Å². The highest BCUT2D eigenvalue weighted by Crippen LogP contribution is 2.19. The number of carbonyl (C=O) groups is 2. The molecule has 0 aliphatic heterocycles. The van der Waals surface area contributed by atoms with Crippen molar-refractivity contribution in [3.05, 3.63) is 29.3 Å². The summed E-state index contributed by atoms with van der Waals surface area (Å²) in [4.78, 5) is 22.3. The Labute approximate surface area is 119 Å². The third-order valence-electron chi connectivity index (χ3n) is 3.12. The molecule has 0 saturated heterocycles. The zero-order valence-electron chi connectivity index (χ0n) is 12.2. The van der Waals surface area contributed by atoms with Gasteiger partial charge < -0.3 is 15.7 Å². The SMILES string of the molecule is Cc1cccc(C)c1NC(=O)NC(C)CCCC(=O)O. The van der Waals surface area contributed by atoms with Crippen molar-refractivity contribution in [1.82, 2.24) is 5.32 Å². The number of aliphatic carboxylic acids is 1. The van der Waals surface area contributed by atoms with Crippen LogP contribution in [0.2, 0.25) is 0 Å². The number of carboxylic acid groups (broad SMARTS) is 1. The van der Waals surface area contributed by atoms with Crippen LogP contribution in [0.25, 0.3) is 0 Å². The minimum atomic E-state index is -0.808. The predicted octanol–water partition coefficient (Wildman–Crippen LogP) is 3.07. The molecule has 20 heavy (non-hydrogen) atoms. The molecule has 1 rings (SSSR count). The van der Waals surface area contributed by atoms with Crippen molar-refractivity contribution in [2.24, 2.45) is 0 Å². The zero-order valence-corrected chi connectivity index (χ0v) is 12.2. The second-order valence-electron chi connectivity index (χ2n) is 5.05. The number of benzene rings is 1. The highest BCUT2D eigenvalue weighted by molar-refractivity contribution is 5.91. The summed E-state index contributed by atoms with van der Waals surface area (Å²) in [6, 6.07) is 5.52. The second-order valence-corrected chi connectivity index (χ2v) is 5.05. The van der Waals surface area contributed by atoms with Crippen molar-refractivity contribution in [3.63, 3.8) is 0 Å². The third-order valence-corrected chi connectivity index (χ3v) is 3.12. The van der Waals surface area contributed by atoms with Crippen LogP contribution >= 0.6 is 0 Å². The van der Waals surface area contributed by atoms with Gasteiger partial charge in [-0.25, -0.2) is 4.79 Å². The molecule has 0 aromatic heterocycles. The van der Waals surface area contributed by atoms with Gasteiger partial charge in [0.2, 0.25) is 0 Å². The number of nitrogens with one attached hydrogen (secondary N) is 2. The first kappa shape index (κ1) is 16.0. The summed E-state index contributed by atoms with van der Waals surface area (Å²) in [5, 5.41) is 14.2. The minimum absolute atomic E-state index is 0.0568. The lowest BCUT2D eigenvalue weighted by Gasteiger charge is -2.16. The Kier molecular flexibility index (Phi) is 6.03. The van der Waals surface area contributed by atoms with Gasteiger partial charge in [0.1, 0.15) is 0 Å². The Morgan fingerprint density at radius 1 is 1.25 bits per heavy atom. The van der Waals surface area contributed by atoms with Gasteiger partial charge in [0.25, 0.3) is 0 Å². The summed E-state index contributed by atoms with van der Waals surface area (Å²) >= 11 is 0. The molecule has 5 nitrogen and oxygen atoms in total. The Morgan fingerprint density at radius 3 is 2.40 bits per heavy atom. The predicted molar refractivity (Wildman–Crippen MR) is 79.0 cm³/mol. The maximum absolute atomic E-state index is 11.9. The number of urea groups is 1. The molecule has 2 amide bonds. The molecular weight excluding hydrogens is 256 g/mol. The molecular formula is C15H22N2O3. The molecule has 0 aliphatic rings. The molecule has 0 fully saturated rings. The van der Waals surface area contributed by atoms with Crippen LogP contribution in [0.1, 0.15) is 37.3 Å². The van der Waals surface area contributed by atoms with Crippen LogP contribution in [0.5, 0.6) is 0 Å². The number of carbonyl (C=O) groups excluding carboxylic acids is 1. The fourth-order valence-electron chi connectivity index (χ4n) is 2.02. The first-order chi connectivity index (χ1) is 9.40. The number of anilines is 1. The Morgan fingerprint density at radius 2 is 1.85 bits per heavy atom. The number of rotatable bonds is 6. The quantitative estimate of drug-likeness (QED) is 0.748. The van der Waals surface area contributed by atoms with E-state index in [0.29, 0.717) is 12.8 Å². The van der Waals surface area contributed by atoms with Crippen LogP contribution < -0.4 is 10.6 Å². The molecule has 0 spiro atoms. The largest absolute Gasteiger partial charge is 0.481 e. The monoisotopic (exact) mass is 278 g/mol. The number of amides is 2. The zero-order chi connectivity index (χ0) is 15.1. The molecule has 1 unspecified atom stereocenters. The summed E-state index contributed by atoms with van der Waals surface area (Å²) in [6.45, 7) is 5.75. The number of hydrogen-bond donors (Lipinski definition) is 3. The molecule has 3 N–H and O–H groups in total. The fraction of sp³-hybridized carbons (Fsp3) is 0.467. The lowest BCUT2D eigenvalue weighted by Crippen LogP contribution is -2.36. The minimum Gasteiger partial charge on any atom is -0.481 e. The van der Waals surface area contributed by atoms with E-state index in [0.717, 1.165) is 16.8 Å². The molecule has 0 radical (unpaired) electrons. The van der Waals surface area contributed by atoms with E-state index in [1.165, 1.54) is 0 Å². The van der Waals surface area contributed by atoms with Gasteiger partial charge in [0.05, 0.1) is 0 Å². The van der Waals surface area contributed by atoms with Crippen LogP contribution in [-0.2, 0) is 4.79 Å². The van der Waals surface area contributed by atoms with Gasteiger partial charge in [0, 0.05) is 18.2 Å². The molecule has 0 aliphatic carbocycles. The van der Waals surface area contributed by atoms with E-state index < -0.39 is 5.97 Å². The Balaban J connectivity index is 2.45. The maximum Gasteiger partial charge on any atom is 0.319 e. The first-order valence-corrected chi connectivity index (χ1v) is 6.75. The standard InChI is InChI=1S/C15H22N2O3/c1-10-6-4-7-11(2)14(10)17-15(20)16-12(3)8-5-9-13(18)19/h4,6-7,12H,5,8-9H2,1-3H3,(H,18,19)(H2,16,17,20). The summed E-state index contributed by atoms with van der Waals surface area (Å²) in [7, 11) is 0. The van der Waals surface area contributed by atoms with Crippen molar-refractivity contribution in [2.75, 3.05) is 5.32 Å². The van der Waals surface area contributed by atoms with Gasteiger partial charge in [-0.15, -0.1) is 0 Å². The average molecular weight is 278 g/mol. The summed E-state index contributed by atoms with van der Waals surface area (Å²) in [5.74, 6) is -0.808. The average Bonchev–Trinajstić information content (AvgIpc) is 2.33. The van der Waals surface area contributed by atoms with Crippen molar-refractivity contribution in [1.29, 1.82) is 0 Å². The second kappa shape index (κ2) is 7.53. The van der Waals surface area contributed by atoms with E-state index in [2.05, 4.69) is 10.6 Å². The normalized spacial score (nSPS) is 11.8. The van der Waals surface area contributed by atoms with E-state index in [9.17, 15) is 9.59 Å². The Hall–Kier alpha value is -2.04. The number of carboxylic acids is 1. The third kappa shape index (κ3) is 5.30. The van der Waals surface area contributed by atoms with Crippen LogP contribution in [0.15, 0.2) is 18.2 Å². The van der Waals surface area contributed by atoms with Crippen LogP contribution in [0.3, 0.4) is 0 Å². The fourth-order valence-corrected chi connectivity index (χ4v) is 2.02. The van der Waals surface area contributed by atoms with E-state index in [1.807, 2.05) is 39.0 Å². The highest BCUT2D eigenvalue weighted by Gasteiger charge is 2.10. The van der Waals surface area contributed by atoms with E-state index in [-0.39, 0.29) is 18.5 Å². The Bertz CT molecular complexity index is 466. The molecule has 1 aromatic rings. The molecule has 0 bridgehead atoms. The summed E-state index contributed by atoms with van der Waals surface area (Å²) < 4.78 is 0. The van der Waals surface area contributed by atoms with Gasteiger partial charge in [-0.05, 0) is 44.7 Å². The first-order valence-electron chi connectivity index (χ1n) is 6.75. The highest BCUT2D eigenvalue weighted by atomic mass is 16.4. The molecule has 1 aromatic carbocycles. The number of hydrogen-bond acceptors (Lipinski definition) is 2. The van der Waals surface area contributed by atoms with Gasteiger partial charge in [-0.1, -0.05) is 18.2 Å². The van der Waals surface area contributed by atoms with Crippen molar-refractivity contribution in [3.8, 4) is 0 Å². The van der Waals surface area contributed by atoms with Crippen molar-refractivity contribution >= 4 is 17.7 Å². The summed E-state index contributed by atoms with van der Waals surface area (Å²) in [6.07, 6.45) is 1.33. The number of aryl methyl sites for hydroxylation is 2. The summed E-state index contributed by atoms with van der Waals surface area (Å²) in [5.41, 5.74) is 2.85. The number of para-hydroxylation sites is 1. The lowest BCUT2D eigenvalue weighted by atomic mass is 10.1. The maximum atomic E-state index is 11.9. The van der Waals surface area contributed by atoms with E-state index >= 15 is 0 Å². The molecule has 1 atom stereocenters. The van der Waals surface area contributed by atoms with Gasteiger partial charge in [-0.2, -0.15) is 0 Å². The molecule has 5 heteroatoms. The van der Waals surface area contributed by atoms with E-state index in [4.69, 9.17) is 5.11 Å². The van der Waals surface area contributed by atoms with Gasteiger partial charge in [-0.3, -0.25) is 4.79 Å². The topological polar surface area (TPSA) is 78.4 Å². The molecule has 0 heterocycles. The van der Waals surface area contributed by atoms with Crippen molar-refractivity contribution in [2.45, 2.75) is 46.1 Å².